The van der Waals surface area contributed by atoms with Gasteiger partial charge in [-0.25, -0.2) is 0 Å². The maximum absolute atomic E-state index is 12.7. The van der Waals surface area contributed by atoms with Gasteiger partial charge < -0.3 is 14.8 Å². The van der Waals surface area contributed by atoms with Crippen molar-refractivity contribution < 1.29 is 19.1 Å². The fourth-order valence-corrected chi connectivity index (χ4v) is 3.18. The highest BCUT2D eigenvalue weighted by atomic mass is 16.5. The van der Waals surface area contributed by atoms with Crippen LogP contribution in [-0.2, 0) is 15.0 Å². The molecule has 1 aromatic rings. The Morgan fingerprint density at radius 1 is 1.23 bits per heavy atom. The van der Waals surface area contributed by atoms with Crippen molar-refractivity contribution in [3.63, 3.8) is 0 Å². The highest BCUT2D eigenvalue weighted by molar-refractivity contribution is 5.95. The molecule has 1 atom stereocenters. The molecule has 2 rings (SSSR count). The van der Waals surface area contributed by atoms with E-state index in [1.54, 1.807) is 27.3 Å². The minimum Gasteiger partial charge on any atom is -0.493 e. The number of carbonyl (C=O) groups excluding carboxylic acids is 2. The molecule has 22 heavy (non-hydrogen) atoms. The Bertz CT molecular complexity index is 570. The summed E-state index contributed by atoms with van der Waals surface area (Å²) in [5.41, 5.74) is 0.0798. The van der Waals surface area contributed by atoms with Gasteiger partial charge in [-0.1, -0.05) is 12.5 Å². The van der Waals surface area contributed by atoms with Crippen LogP contribution < -0.4 is 14.8 Å². The molecule has 0 saturated heterocycles. The second kappa shape index (κ2) is 6.81. The van der Waals surface area contributed by atoms with Crippen LogP contribution in [0.4, 0.5) is 0 Å². The zero-order valence-electron chi connectivity index (χ0n) is 13.4. The molecule has 5 nitrogen and oxygen atoms in total. The summed E-state index contributed by atoms with van der Waals surface area (Å²) in [6.07, 6.45) is 3.22. The molecule has 1 fully saturated rings. The fraction of sp³-hybridized carbons (Fsp3) is 0.529. The first-order chi connectivity index (χ1) is 10.6. The lowest BCUT2D eigenvalue weighted by Gasteiger charge is -2.36. The predicted molar refractivity (Wildman–Crippen MR) is 83.4 cm³/mol. The van der Waals surface area contributed by atoms with E-state index in [1.165, 1.54) is 0 Å². The van der Waals surface area contributed by atoms with Gasteiger partial charge in [-0.2, -0.15) is 0 Å². The molecule has 0 radical (unpaired) electrons. The van der Waals surface area contributed by atoms with E-state index in [0.717, 1.165) is 18.4 Å². The molecule has 0 bridgehead atoms. The number of rotatable bonds is 5. The lowest BCUT2D eigenvalue weighted by Crippen LogP contribution is -2.42. The summed E-state index contributed by atoms with van der Waals surface area (Å²) in [5, 5.41) is 2.63. The van der Waals surface area contributed by atoms with E-state index in [2.05, 4.69) is 5.32 Å². The van der Waals surface area contributed by atoms with E-state index in [4.69, 9.17) is 9.47 Å². The van der Waals surface area contributed by atoms with Gasteiger partial charge in [0.05, 0.1) is 19.6 Å². The molecule has 1 saturated carbocycles. The molecule has 5 heteroatoms. The summed E-state index contributed by atoms with van der Waals surface area (Å²) in [6, 6.07) is 5.49. The van der Waals surface area contributed by atoms with Crippen molar-refractivity contribution >= 4 is 11.7 Å². The van der Waals surface area contributed by atoms with Gasteiger partial charge in [0.2, 0.25) is 5.91 Å². The van der Waals surface area contributed by atoms with Crippen molar-refractivity contribution in [1.29, 1.82) is 0 Å². The molecule has 1 amide bonds. The van der Waals surface area contributed by atoms with E-state index in [1.807, 2.05) is 12.1 Å². The number of ketones is 1. The second-order valence-corrected chi connectivity index (χ2v) is 5.63. The third-order valence-corrected chi connectivity index (χ3v) is 4.47. The molecule has 0 aliphatic heterocycles. The van der Waals surface area contributed by atoms with Crippen molar-refractivity contribution in [3.05, 3.63) is 23.8 Å². The summed E-state index contributed by atoms with van der Waals surface area (Å²) in [7, 11) is 4.73. The molecule has 1 aromatic carbocycles. The molecule has 0 heterocycles. The summed E-state index contributed by atoms with van der Waals surface area (Å²) < 4.78 is 10.6. The topological polar surface area (TPSA) is 64.6 Å². The quantitative estimate of drug-likeness (QED) is 0.906. The van der Waals surface area contributed by atoms with Crippen LogP contribution in [0.25, 0.3) is 0 Å². The number of hydrogen-bond acceptors (Lipinski definition) is 4. The maximum atomic E-state index is 12.7. The minimum absolute atomic E-state index is 0.120. The Balaban J connectivity index is 2.49. The molecule has 1 aliphatic rings. The lowest BCUT2D eigenvalue weighted by molar-refractivity contribution is -0.132. The van der Waals surface area contributed by atoms with Crippen LogP contribution in [0.1, 0.15) is 37.7 Å². The Labute approximate surface area is 131 Å². The number of carbonyl (C=O) groups is 2. The standard InChI is InChI=1S/C17H23NO4/c1-18-16(20)11-17(9-5-4-6-15(17)19)12-7-8-13(21-2)14(10-12)22-3/h7-8,10H,4-6,9,11H2,1-3H3,(H,18,20)/t17-/m0/s1. The van der Waals surface area contributed by atoms with Crippen molar-refractivity contribution in [2.24, 2.45) is 0 Å². The van der Waals surface area contributed by atoms with E-state index in [9.17, 15) is 9.59 Å². The smallest absolute Gasteiger partial charge is 0.221 e. The van der Waals surface area contributed by atoms with Crippen LogP contribution in [0.3, 0.4) is 0 Å². The van der Waals surface area contributed by atoms with Gasteiger partial charge in [-0.05, 0) is 30.5 Å². The number of Topliss-reactive ketones (excluding diaryl/α,β-unsaturated/α-hetero) is 1. The van der Waals surface area contributed by atoms with Gasteiger partial charge >= 0.3 is 0 Å². The van der Waals surface area contributed by atoms with E-state index >= 15 is 0 Å². The molecule has 0 spiro atoms. The SMILES string of the molecule is CNC(=O)C[C@]1(c2ccc(OC)c(OC)c2)CCCCC1=O. The van der Waals surface area contributed by atoms with Gasteiger partial charge in [0.25, 0.3) is 0 Å². The number of ether oxygens (including phenoxy) is 2. The largest absolute Gasteiger partial charge is 0.493 e. The predicted octanol–water partition coefficient (Wildman–Crippen LogP) is 2.22. The lowest BCUT2D eigenvalue weighted by atomic mass is 9.66. The minimum atomic E-state index is -0.752. The Kier molecular flexibility index (Phi) is 5.06. The third kappa shape index (κ3) is 2.93. The van der Waals surface area contributed by atoms with Crippen molar-refractivity contribution in [2.45, 2.75) is 37.5 Å². The van der Waals surface area contributed by atoms with Crippen LogP contribution >= 0.6 is 0 Å². The number of nitrogens with one attached hydrogen (secondary N) is 1. The average molecular weight is 305 g/mol. The fourth-order valence-electron chi connectivity index (χ4n) is 3.18. The molecule has 1 aliphatic carbocycles. The highest BCUT2D eigenvalue weighted by Crippen LogP contribution is 2.42. The molecular weight excluding hydrogens is 282 g/mol. The van der Waals surface area contributed by atoms with E-state index in [-0.39, 0.29) is 18.1 Å². The number of hydrogen-bond donors (Lipinski definition) is 1. The van der Waals surface area contributed by atoms with Crippen LogP contribution in [0.5, 0.6) is 11.5 Å². The van der Waals surface area contributed by atoms with Gasteiger partial charge in [-0.3, -0.25) is 9.59 Å². The molecule has 0 aromatic heterocycles. The van der Waals surface area contributed by atoms with Crippen LogP contribution in [0, 0.1) is 0 Å². The monoisotopic (exact) mass is 305 g/mol. The number of methoxy groups -OCH3 is 2. The van der Waals surface area contributed by atoms with Gasteiger partial charge in [0, 0.05) is 19.9 Å². The van der Waals surface area contributed by atoms with Crippen LogP contribution in [0.15, 0.2) is 18.2 Å². The summed E-state index contributed by atoms with van der Waals surface area (Å²) >= 11 is 0. The summed E-state index contributed by atoms with van der Waals surface area (Å²) in [4.78, 5) is 24.6. The van der Waals surface area contributed by atoms with Crippen molar-refractivity contribution in [3.8, 4) is 11.5 Å². The second-order valence-electron chi connectivity index (χ2n) is 5.63. The Morgan fingerprint density at radius 2 is 1.95 bits per heavy atom. The van der Waals surface area contributed by atoms with E-state index < -0.39 is 5.41 Å². The first kappa shape index (κ1) is 16.3. The Morgan fingerprint density at radius 3 is 2.55 bits per heavy atom. The van der Waals surface area contributed by atoms with Crippen LogP contribution in [0.2, 0.25) is 0 Å². The number of amides is 1. The van der Waals surface area contributed by atoms with Crippen molar-refractivity contribution in [1.82, 2.24) is 5.32 Å². The van der Waals surface area contributed by atoms with Crippen LogP contribution in [-0.4, -0.2) is 33.0 Å². The average Bonchev–Trinajstić information content (AvgIpc) is 2.56. The maximum Gasteiger partial charge on any atom is 0.221 e. The zero-order chi connectivity index (χ0) is 16.2. The Hall–Kier alpha value is -2.04. The summed E-state index contributed by atoms with van der Waals surface area (Å²) in [5.74, 6) is 1.21. The van der Waals surface area contributed by atoms with Gasteiger partial charge in [0.15, 0.2) is 11.5 Å². The first-order valence-electron chi connectivity index (χ1n) is 7.54. The number of benzene rings is 1. The molecule has 0 unspecified atom stereocenters. The first-order valence-corrected chi connectivity index (χ1v) is 7.54. The van der Waals surface area contributed by atoms with Gasteiger partial charge in [0.1, 0.15) is 5.78 Å². The highest BCUT2D eigenvalue weighted by Gasteiger charge is 2.43. The summed E-state index contributed by atoms with van der Waals surface area (Å²) in [6.45, 7) is 0. The molecular formula is C17H23NO4. The van der Waals surface area contributed by atoms with Crippen molar-refractivity contribution in [2.75, 3.05) is 21.3 Å². The normalized spacial score (nSPS) is 21.3. The third-order valence-electron chi connectivity index (χ3n) is 4.47. The zero-order valence-corrected chi connectivity index (χ0v) is 13.4. The van der Waals surface area contributed by atoms with Gasteiger partial charge in [-0.15, -0.1) is 0 Å². The molecule has 120 valence electrons. The molecule has 1 N–H and O–H groups in total. The van der Waals surface area contributed by atoms with E-state index in [0.29, 0.717) is 24.3 Å².